The Labute approximate surface area is 581 Å². The first-order valence-electron chi connectivity index (χ1n) is 33.9. The fourth-order valence-electron chi connectivity index (χ4n) is 13.0. The van der Waals surface area contributed by atoms with Gasteiger partial charge in [0, 0.05) is 97.8 Å². The van der Waals surface area contributed by atoms with Crippen molar-refractivity contribution in [1.82, 2.24) is 35.3 Å². The van der Waals surface area contributed by atoms with Crippen LogP contribution >= 0.6 is 23.2 Å². The molecule has 0 bridgehead atoms. The van der Waals surface area contributed by atoms with Gasteiger partial charge in [-0.15, -0.1) is 0 Å². The zero-order valence-corrected chi connectivity index (χ0v) is 56.9. The van der Waals surface area contributed by atoms with E-state index in [1.165, 1.54) is 9.80 Å². The monoisotopic (exact) mass is 1390 g/mol. The molecule has 3 saturated heterocycles. The molecule has 5 aliphatic rings. The van der Waals surface area contributed by atoms with Gasteiger partial charge in [-0.1, -0.05) is 72.6 Å². The Morgan fingerprint density at radius 2 is 1.43 bits per heavy atom. The lowest BCUT2D eigenvalue weighted by molar-refractivity contribution is -0.137. The number of anilines is 3. The number of imide groups is 1. The number of benzene rings is 4. The number of piperazine rings is 1. The number of aromatic nitrogens is 2. The van der Waals surface area contributed by atoms with Gasteiger partial charge in [0.2, 0.25) is 11.8 Å². The largest absolute Gasteiger partial charge is 0.462 e. The van der Waals surface area contributed by atoms with Crippen molar-refractivity contribution in [2.24, 2.45) is 0 Å². The van der Waals surface area contributed by atoms with Gasteiger partial charge in [-0.25, -0.2) is 9.18 Å². The van der Waals surface area contributed by atoms with Crippen LogP contribution in [0.1, 0.15) is 89.7 Å². The van der Waals surface area contributed by atoms with Crippen molar-refractivity contribution in [3.05, 3.63) is 129 Å². The summed E-state index contributed by atoms with van der Waals surface area (Å²) >= 11 is 13.2. The van der Waals surface area contributed by atoms with Crippen LogP contribution in [0, 0.1) is 11.3 Å². The van der Waals surface area contributed by atoms with Crippen LogP contribution in [0.2, 0.25) is 10.0 Å². The van der Waals surface area contributed by atoms with Crippen molar-refractivity contribution in [1.29, 1.82) is 5.26 Å². The number of nitriles is 1. The lowest BCUT2D eigenvalue weighted by atomic mass is 10.0. The van der Waals surface area contributed by atoms with E-state index in [0.29, 0.717) is 165 Å². The number of amides is 6. The van der Waals surface area contributed by atoms with Crippen molar-refractivity contribution >= 4 is 80.8 Å². The first kappa shape index (κ1) is 73.1. The standard InChI is InChI=1S/C71H88Cl2FN11O13/c1-49(74)68(88)84-24-23-83(46-56(84)18-20-75)66-59-19-22-82(62-13-6-10-52-9-5-12-60(73)65(52)62)47-61(59)78-71(80-66)98-48-57-11-7-21-81(57)25-27-92-29-31-94-33-35-96-37-39-97-38-36-95-34-32-93-30-28-91-26-4-2-3-8-50-41-54(72)43-55(42-50)77-70(90)76-44-51-14-15-58-53(40-51)45-85(69(58)89)63-16-17-64(86)79-67(63)87/h5-6,9-10,12-15,40-43,56-57,63H,1-4,7-8,11,16-19,21-39,44-48H2,(H2,76,77,90)(H,79,86,87)/t56-,57-,63?/m0/s1. The van der Waals surface area contributed by atoms with Crippen LogP contribution in [0.4, 0.5) is 26.4 Å². The molecule has 0 saturated carbocycles. The molecule has 5 aromatic rings. The number of halogens is 3. The van der Waals surface area contributed by atoms with Crippen molar-refractivity contribution in [2.45, 2.75) is 102 Å². The average molecular weight is 1390 g/mol. The normalized spacial score (nSPS) is 17.9. The van der Waals surface area contributed by atoms with Crippen molar-refractivity contribution < 1.29 is 66.3 Å². The molecule has 526 valence electrons. The second-order valence-corrected chi connectivity index (χ2v) is 25.5. The summed E-state index contributed by atoms with van der Waals surface area (Å²) in [6, 6.07) is 23.9. The van der Waals surface area contributed by atoms with Crippen molar-refractivity contribution in [3.63, 3.8) is 0 Å². The Morgan fingerprint density at radius 3 is 2.13 bits per heavy atom. The molecule has 0 spiro atoms. The highest BCUT2D eigenvalue weighted by molar-refractivity contribution is 6.36. The molecule has 10 rings (SSSR count). The summed E-state index contributed by atoms with van der Waals surface area (Å²) in [5, 5.41) is 21.0. The number of rotatable bonds is 38. The van der Waals surface area contributed by atoms with Crippen LogP contribution in [-0.2, 0) is 80.0 Å². The Hall–Kier alpha value is -7.61. The molecule has 3 N–H and O–H groups in total. The fourth-order valence-corrected chi connectivity index (χ4v) is 13.6. The van der Waals surface area contributed by atoms with Crippen LogP contribution in [0.3, 0.4) is 0 Å². The third-order valence-electron chi connectivity index (χ3n) is 18.0. The number of nitrogens with one attached hydrogen (secondary N) is 3. The molecular formula is C71H88Cl2FN11O13. The van der Waals surface area contributed by atoms with Gasteiger partial charge in [0.1, 0.15) is 18.5 Å². The maximum absolute atomic E-state index is 14.1. The van der Waals surface area contributed by atoms with Crippen LogP contribution in [0.25, 0.3) is 10.8 Å². The van der Waals surface area contributed by atoms with Crippen molar-refractivity contribution in [3.8, 4) is 12.1 Å². The summed E-state index contributed by atoms with van der Waals surface area (Å²) < 4.78 is 60.6. The van der Waals surface area contributed by atoms with E-state index in [0.717, 1.165) is 96.0 Å². The van der Waals surface area contributed by atoms with Gasteiger partial charge in [-0.2, -0.15) is 15.2 Å². The smallest absolute Gasteiger partial charge is 0.319 e. The predicted molar refractivity (Wildman–Crippen MR) is 367 cm³/mol. The lowest BCUT2D eigenvalue weighted by Crippen LogP contribution is -2.55. The maximum atomic E-state index is 14.1. The van der Waals surface area contributed by atoms with Gasteiger partial charge in [-0.05, 0) is 110 Å². The Balaban J connectivity index is 0.515. The number of carbonyl (C=O) groups is 5. The number of fused-ring (bicyclic) bond motifs is 3. The Kier molecular flexibility index (Phi) is 28.0. The molecule has 6 amide bonds. The van der Waals surface area contributed by atoms with E-state index in [4.69, 9.17) is 71.1 Å². The van der Waals surface area contributed by atoms with Gasteiger partial charge >= 0.3 is 12.0 Å². The molecule has 24 nitrogen and oxygen atoms in total. The summed E-state index contributed by atoms with van der Waals surface area (Å²) in [7, 11) is 0. The summed E-state index contributed by atoms with van der Waals surface area (Å²) in [6.07, 6.45) is 6.72. The summed E-state index contributed by atoms with van der Waals surface area (Å²) in [4.78, 5) is 82.4. The molecule has 3 fully saturated rings. The lowest BCUT2D eigenvalue weighted by Gasteiger charge is -2.42. The number of likely N-dealkylation sites (tertiary alicyclic amines) is 1. The zero-order chi connectivity index (χ0) is 68.6. The SMILES string of the molecule is C=C(F)C(=O)N1CCN(c2nc(OC[C@@H]3CCCN3CCOCCOCCOCCOCCOCCOCCOCCCCCc3cc(Cl)cc(NC(=O)NCc4ccc5c(c4)CN(C4CCC(=O)NC4=O)C5=O)c3)nc3c2CCN(c2cccc4cccc(Cl)c24)C3)C[C@@H]1CC#N. The zero-order valence-electron chi connectivity index (χ0n) is 55.4. The molecule has 5 aliphatic heterocycles. The third kappa shape index (κ3) is 20.7. The number of urea groups is 1. The number of carbonyl (C=O) groups excluding carboxylic acids is 5. The van der Waals surface area contributed by atoms with E-state index >= 15 is 0 Å². The molecule has 4 aromatic carbocycles. The molecule has 6 heterocycles. The average Bonchev–Trinajstić information content (AvgIpc) is 0.915. The molecule has 1 unspecified atom stereocenters. The van der Waals surface area contributed by atoms with Gasteiger partial charge in [0.05, 0.1) is 122 Å². The molecule has 1 aromatic heterocycles. The van der Waals surface area contributed by atoms with Gasteiger partial charge in [0.15, 0.2) is 5.83 Å². The number of nitrogens with zero attached hydrogens (tertiary/aromatic N) is 8. The maximum Gasteiger partial charge on any atom is 0.319 e. The van der Waals surface area contributed by atoms with E-state index in [2.05, 4.69) is 61.5 Å². The highest BCUT2D eigenvalue weighted by Gasteiger charge is 2.40. The van der Waals surface area contributed by atoms with E-state index < -0.39 is 35.8 Å². The van der Waals surface area contributed by atoms with Crippen LogP contribution in [-0.4, -0.2) is 211 Å². The number of ether oxygens (including phenoxy) is 8. The minimum Gasteiger partial charge on any atom is -0.462 e. The van der Waals surface area contributed by atoms with E-state index in [9.17, 15) is 33.6 Å². The number of aryl methyl sites for hydroxylation is 1. The minimum absolute atomic E-state index is 0.0346. The number of hydrogen-bond donors (Lipinski definition) is 3. The second kappa shape index (κ2) is 37.5. The van der Waals surface area contributed by atoms with Crippen LogP contribution < -0.4 is 30.5 Å². The number of piperidine rings is 1. The Morgan fingerprint density at radius 1 is 0.724 bits per heavy atom. The van der Waals surface area contributed by atoms with E-state index in [1.807, 2.05) is 36.4 Å². The highest BCUT2D eigenvalue weighted by atomic mass is 35.5. The summed E-state index contributed by atoms with van der Waals surface area (Å²) in [5.74, 6) is -2.17. The topological polar surface area (TPSA) is 261 Å². The molecule has 3 atom stereocenters. The fraction of sp³-hybridized carbons (Fsp3) is 0.521. The number of unbranched alkanes of at least 4 members (excludes halogenated alkanes) is 2. The molecule has 27 heteroatoms. The second-order valence-electron chi connectivity index (χ2n) is 24.7. The van der Waals surface area contributed by atoms with Gasteiger partial charge in [-0.3, -0.25) is 29.4 Å². The predicted octanol–water partition coefficient (Wildman–Crippen LogP) is 8.37. The summed E-state index contributed by atoms with van der Waals surface area (Å²) in [6.45, 7) is 14.5. The third-order valence-corrected chi connectivity index (χ3v) is 18.5. The Bertz CT molecular complexity index is 3600. The first-order chi connectivity index (χ1) is 47.8. The number of hydrogen-bond acceptors (Lipinski definition) is 19. The molecular weight excluding hydrogens is 1300 g/mol. The van der Waals surface area contributed by atoms with E-state index in [-0.39, 0.29) is 56.3 Å². The molecule has 98 heavy (non-hydrogen) atoms. The van der Waals surface area contributed by atoms with Crippen LogP contribution in [0.5, 0.6) is 6.01 Å². The van der Waals surface area contributed by atoms with E-state index in [1.54, 1.807) is 18.2 Å². The van der Waals surface area contributed by atoms with Crippen molar-refractivity contribution in [2.75, 3.05) is 153 Å². The summed E-state index contributed by atoms with van der Waals surface area (Å²) in [5.41, 5.74) is 6.50. The van der Waals surface area contributed by atoms with Gasteiger partial charge < -0.3 is 68.1 Å². The molecule has 0 radical (unpaired) electrons. The minimum atomic E-state index is -1.05. The quantitative estimate of drug-likeness (QED) is 0.0190. The highest BCUT2D eigenvalue weighted by Crippen LogP contribution is 2.38. The van der Waals surface area contributed by atoms with Crippen LogP contribution in [0.15, 0.2) is 85.2 Å². The van der Waals surface area contributed by atoms with Gasteiger partial charge in [0.25, 0.3) is 11.8 Å². The molecule has 0 aliphatic carbocycles. The first-order valence-corrected chi connectivity index (χ1v) is 34.7.